The molecule has 112 valence electrons. The molecule has 3 nitrogen and oxygen atoms in total. The second-order valence-electron chi connectivity index (χ2n) is 5.52. The van der Waals surface area contributed by atoms with Crippen molar-refractivity contribution in [2.45, 2.75) is 39.2 Å². The van der Waals surface area contributed by atoms with Crippen molar-refractivity contribution in [2.24, 2.45) is 0 Å². The van der Waals surface area contributed by atoms with Crippen LogP contribution in [0, 0.1) is 11.6 Å². The normalized spacial score (nSPS) is 13.2. The van der Waals surface area contributed by atoms with E-state index in [1.165, 1.54) is 17.9 Å². The quantitative estimate of drug-likeness (QED) is 0.903. The van der Waals surface area contributed by atoms with Gasteiger partial charge in [0.15, 0.2) is 0 Å². The Morgan fingerprint density at radius 1 is 1.35 bits per heavy atom. The van der Waals surface area contributed by atoms with Gasteiger partial charge in [0, 0.05) is 18.7 Å². The van der Waals surface area contributed by atoms with E-state index in [2.05, 4.69) is 0 Å². The number of benzene rings is 1. The zero-order chi connectivity index (χ0) is 15.5. The molecule has 5 heteroatoms. The Morgan fingerprint density at radius 2 is 1.85 bits per heavy atom. The molecule has 0 aromatic heterocycles. The first-order valence-electron chi connectivity index (χ1n) is 6.62. The first-order valence-corrected chi connectivity index (χ1v) is 6.62. The summed E-state index contributed by atoms with van der Waals surface area (Å²) >= 11 is 0. The topological polar surface area (TPSA) is 40.5 Å². The highest BCUT2D eigenvalue weighted by molar-refractivity contribution is 5.83. The van der Waals surface area contributed by atoms with Crippen LogP contribution in [-0.4, -0.2) is 34.6 Å². The molecule has 1 rings (SSSR count). The molecule has 1 atom stereocenters. The minimum absolute atomic E-state index is 0.114. The van der Waals surface area contributed by atoms with Gasteiger partial charge in [0.2, 0.25) is 5.91 Å². The average molecular weight is 285 g/mol. The molecule has 0 aliphatic rings. The molecule has 1 aromatic rings. The van der Waals surface area contributed by atoms with E-state index >= 15 is 0 Å². The van der Waals surface area contributed by atoms with E-state index in [4.69, 9.17) is 0 Å². The first kappa shape index (κ1) is 16.6. The number of nitrogens with zero attached hydrogens (tertiary/aromatic N) is 1. The number of aliphatic hydroxyl groups is 1. The molecule has 0 spiro atoms. The maximum Gasteiger partial charge on any atom is 0.230 e. The Labute approximate surface area is 118 Å². The van der Waals surface area contributed by atoms with E-state index in [9.17, 15) is 18.7 Å². The maximum atomic E-state index is 13.7. The van der Waals surface area contributed by atoms with Gasteiger partial charge in [-0.25, -0.2) is 8.78 Å². The second kappa shape index (κ2) is 6.31. The van der Waals surface area contributed by atoms with Crippen molar-refractivity contribution in [3.63, 3.8) is 0 Å². The minimum Gasteiger partial charge on any atom is -0.389 e. The Balaban J connectivity index is 3.01. The summed E-state index contributed by atoms with van der Waals surface area (Å²) in [6, 6.07) is 3.53. The predicted octanol–water partition coefficient (Wildman–Crippen LogP) is 2.69. The van der Waals surface area contributed by atoms with Gasteiger partial charge in [-0.05, 0) is 39.8 Å². The van der Waals surface area contributed by atoms with Crippen LogP contribution in [0.4, 0.5) is 8.78 Å². The van der Waals surface area contributed by atoms with Crippen LogP contribution in [-0.2, 0) is 4.79 Å². The van der Waals surface area contributed by atoms with E-state index in [1.54, 1.807) is 20.8 Å². The van der Waals surface area contributed by atoms with Gasteiger partial charge >= 0.3 is 0 Å². The van der Waals surface area contributed by atoms with Crippen molar-refractivity contribution in [1.82, 2.24) is 4.90 Å². The lowest BCUT2D eigenvalue weighted by Crippen LogP contribution is -2.43. The third kappa shape index (κ3) is 4.00. The van der Waals surface area contributed by atoms with Gasteiger partial charge in [0.25, 0.3) is 0 Å². The highest BCUT2D eigenvalue weighted by Gasteiger charge is 2.28. The van der Waals surface area contributed by atoms with Crippen LogP contribution in [0.5, 0.6) is 0 Å². The summed E-state index contributed by atoms with van der Waals surface area (Å²) in [5.41, 5.74) is -1.29. The summed E-state index contributed by atoms with van der Waals surface area (Å²) in [6.45, 7) is 6.87. The Bertz CT molecular complexity index is 463. The number of hydrogen-bond acceptors (Lipinski definition) is 2. The molecular formula is C15H21F2NO2. The van der Waals surface area contributed by atoms with E-state index in [1.807, 2.05) is 0 Å². The molecule has 0 fully saturated rings. The van der Waals surface area contributed by atoms with Crippen molar-refractivity contribution < 1.29 is 18.7 Å². The first-order chi connectivity index (χ1) is 9.17. The summed E-state index contributed by atoms with van der Waals surface area (Å²) < 4.78 is 27.4. The van der Waals surface area contributed by atoms with Gasteiger partial charge in [-0.3, -0.25) is 4.79 Å². The molecule has 20 heavy (non-hydrogen) atoms. The molecule has 1 amide bonds. The molecule has 1 unspecified atom stereocenters. The molecule has 0 saturated carbocycles. The molecule has 0 saturated heterocycles. The molecular weight excluding hydrogens is 264 g/mol. The van der Waals surface area contributed by atoms with Crippen LogP contribution in [0.2, 0.25) is 0 Å². The van der Waals surface area contributed by atoms with Gasteiger partial charge < -0.3 is 10.0 Å². The zero-order valence-electron chi connectivity index (χ0n) is 12.3. The van der Waals surface area contributed by atoms with Crippen LogP contribution < -0.4 is 0 Å². The third-order valence-electron chi connectivity index (χ3n) is 3.07. The van der Waals surface area contributed by atoms with Crippen LogP contribution in [0.3, 0.4) is 0 Å². The van der Waals surface area contributed by atoms with Gasteiger partial charge in [0.05, 0.1) is 11.5 Å². The van der Waals surface area contributed by atoms with Crippen molar-refractivity contribution in [3.8, 4) is 0 Å². The largest absolute Gasteiger partial charge is 0.389 e. The summed E-state index contributed by atoms with van der Waals surface area (Å²) in [4.78, 5) is 13.7. The smallest absolute Gasteiger partial charge is 0.230 e. The highest BCUT2D eigenvalue weighted by atomic mass is 19.1. The van der Waals surface area contributed by atoms with Crippen molar-refractivity contribution in [2.75, 3.05) is 13.1 Å². The molecule has 0 bridgehead atoms. The number of carbonyl (C=O) groups excluding carboxylic acids is 1. The van der Waals surface area contributed by atoms with Crippen LogP contribution in [0.15, 0.2) is 18.2 Å². The fraction of sp³-hybridized carbons (Fsp3) is 0.533. The Hall–Kier alpha value is -1.49. The summed E-state index contributed by atoms with van der Waals surface area (Å²) in [7, 11) is 0. The second-order valence-corrected chi connectivity index (χ2v) is 5.52. The number of halogens is 2. The minimum atomic E-state index is -1.06. The molecule has 0 aliphatic carbocycles. The van der Waals surface area contributed by atoms with E-state index in [-0.39, 0.29) is 12.1 Å². The van der Waals surface area contributed by atoms with E-state index in [0.29, 0.717) is 6.54 Å². The molecule has 1 N–H and O–H groups in total. The lowest BCUT2D eigenvalue weighted by molar-refractivity contribution is -0.135. The lowest BCUT2D eigenvalue weighted by atomic mass is 9.97. The van der Waals surface area contributed by atoms with Crippen molar-refractivity contribution in [1.29, 1.82) is 0 Å². The molecule has 1 aromatic carbocycles. The standard InChI is InChI=1S/C15H21F2NO2/c1-5-18(9-15(3,4)20)14(19)10(2)13-11(16)7-6-8-12(13)17/h6-8,10,20H,5,9H2,1-4H3. The third-order valence-corrected chi connectivity index (χ3v) is 3.07. The number of carbonyl (C=O) groups is 1. The Morgan fingerprint density at radius 3 is 2.25 bits per heavy atom. The molecule has 0 radical (unpaired) electrons. The number of amides is 1. The summed E-state index contributed by atoms with van der Waals surface area (Å²) in [5, 5.41) is 9.79. The van der Waals surface area contributed by atoms with E-state index < -0.39 is 29.1 Å². The van der Waals surface area contributed by atoms with Crippen LogP contribution in [0.25, 0.3) is 0 Å². The van der Waals surface area contributed by atoms with Gasteiger partial charge in [-0.2, -0.15) is 0 Å². The zero-order valence-corrected chi connectivity index (χ0v) is 12.3. The van der Waals surface area contributed by atoms with Crippen LogP contribution >= 0.6 is 0 Å². The predicted molar refractivity (Wildman–Crippen MR) is 73.3 cm³/mol. The molecule has 0 aliphatic heterocycles. The van der Waals surface area contributed by atoms with Crippen molar-refractivity contribution >= 4 is 5.91 Å². The van der Waals surface area contributed by atoms with Crippen LogP contribution in [0.1, 0.15) is 39.2 Å². The SMILES string of the molecule is CCN(CC(C)(C)O)C(=O)C(C)c1c(F)cccc1F. The monoisotopic (exact) mass is 285 g/mol. The lowest BCUT2D eigenvalue weighted by Gasteiger charge is -2.30. The number of likely N-dealkylation sites (N-methyl/N-ethyl adjacent to an activating group) is 1. The van der Waals surface area contributed by atoms with Crippen molar-refractivity contribution in [3.05, 3.63) is 35.4 Å². The number of hydrogen-bond donors (Lipinski definition) is 1. The fourth-order valence-electron chi connectivity index (χ4n) is 2.13. The van der Waals surface area contributed by atoms with E-state index in [0.717, 1.165) is 12.1 Å². The summed E-state index contributed by atoms with van der Waals surface area (Å²) in [5.74, 6) is -2.80. The maximum absolute atomic E-state index is 13.7. The summed E-state index contributed by atoms with van der Waals surface area (Å²) in [6.07, 6.45) is 0. The van der Waals surface area contributed by atoms with Gasteiger partial charge in [-0.15, -0.1) is 0 Å². The van der Waals surface area contributed by atoms with Gasteiger partial charge in [0.1, 0.15) is 11.6 Å². The highest BCUT2D eigenvalue weighted by Crippen LogP contribution is 2.24. The molecule has 0 heterocycles. The fourth-order valence-corrected chi connectivity index (χ4v) is 2.13. The average Bonchev–Trinajstić information content (AvgIpc) is 2.33. The number of rotatable bonds is 5. The Kier molecular flexibility index (Phi) is 5.22. The van der Waals surface area contributed by atoms with Gasteiger partial charge in [-0.1, -0.05) is 6.07 Å².